The Kier molecular flexibility index (Phi) is 5.58. The Labute approximate surface area is 106 Å². The first kappa shape index (κ1) is 14.4. The van der Waals surface area contributed by atoms with E-state index in [9.17, 15) is 14.3 Å². The molecule has 2 N–H and O–H groups in total. The molecule has 5 heteroatoms. The van der Waals surface area contributed by atoms with Gasteiger partial charge in [-0.15, -0.1) is 0 Å². The zero-order valence-electron chi connectivity index (χ0n) is 10.6. The van der Waals surface area contributed by atoms with Crippen molar-refractivity contribution in [3.63, 3.8) is 0 Å². The second-order valence-corrected chi connectivity index (χ2v) is 3.84. The fourth-order valence-corrected chi connectivity index (χ4v) is 1.59. The number of carbonyl (C=O) groups is 1. The lowest BCUT2D eigenvalue weighted by Crippen LogP contribution is -2.31. The maximum Gasteiger partial charge on any atom is 0.327 e. The molecule has 4 nitrogen and oxygen atoms in total. The fraction of sp³-hybridized carbons (Fsp3) is 0.462. The van der Waals surface area contributed by atoms with E-state index in [4.69, 9.17) is 4.74 Å². The summed E-state index contributed by atoms with van der Waals surface area (Å²) in [6.07, 6.45) is 0.811. The summed E-state index contributed by atoms with van der Waals surface area (Å²) in [6, 6.07) is 2.66. The minimum Gasteiger partial charge on any atom is -0.508 e. The van der Waals surface area contributed by atoms with Gasteiger partial charge in [0.25, 0.3) is 0 Å². The molecule has 1 atom stereocenters. The Bertz CT molecular complexity index is 409. The van der Waals surface area contributed by atoms with E-state index in [0.29, 0.717) is 6.54 Å². The van der Waals surface area contributed by atoms with Crippen molar-refractivity contribution in [1.82, 2.24) is 5.32 Å². The van der Waals surface area contributed by atoms with Crippen LogP contribution in [-0.4, -0.2) is 24.2 Å². The van der Waals surface area contributed by atoms with Crippen molar-refractivity contribution in [1.29, 1.82) is 0 Å². The van der Waals surface area contributed by atoms with Gasteiger partial charge >= 0.3 is 5.97 Å². The lowest BCUT2D eigenvalue weighted by molar-refractivity contribution is -0.145. The number of hydrogen-bond donors (Lipinski definition) is 2. The number of benzene rings is 1. The summed E-state index contributed by atoms with van der Waals surface area (Å²) in [6.45, 7) is 4.44. The first-order valence-corrected chi connectivity index (χ1v) is 5.98. The second kappa shape index (κ2) is 6.96. The fourth-order valence-electron chi connectivity index (χ4n) is 1.59. The van der Waals surface area contributed by atoms with Crippen LogP contribution in [0.3, 0.4) is 0 Å². The van der Waals surface area contributed by atoms with Gasteiger partial charge in [-0.05, 0) is 38.1 Å². The van der Waals surface area contributed by atoms with E-state index < -0.39 is 17.8 Å². The Balaban J connectivity index is 3.00. The van der Waals surface area contributed by atoms with Crippen LogP contribution in [0, 0.1) is 5.82 Å². The Morgan fingerprint density at radius 2 is 2.22 bits per heavy atom. The van der Waals surface area contributed by atoms with Crippen molar-refractivity contribution in [3.8, 4) is 5.75 Å². The average molecular weight is 255 g/mol. The Morgan fingerprint density at radius 1 is 1.50 bits per heavy atom. The van der Waals surface area contributed by atoms with Gasteiger partial charge in [-0.25, -0.2) is 9.18 Å². The summed E-state index contributed by atoms with van der Waals surface area (Å²) >= 11 is 0. The average Bonchev–Trinajstić information content (AvgIpc) is 2.34. The Hall–Kier alpha value is -1.62. The monoisotopic (exact) mass is 255 g/mol. The lowest BCUT2D eigenvalue weighted by atomic mass is 10.1. The SMILES string of the molecule is CCCNC(C(=O)OCC)c1cc(F)ccc1O. The third kappa shape index (κ3) is 3.70. The molecule has 1 unspecified atom stereocenters. The molecule has 1 aromatic rings. The quantitative estimate of drug-likeness (QED) is 0.765. The van der Waals surface area contributed by atoms with Crippen LogP contribution in [0.5, 0.6) is 5.75 Å². The van der Waals surface area contributed by atoms with E-state index in [2.05, 4.69) is 5.32 Å². The van der Waals surface area contributed by atoms with E-state index >= 15 is 0 Å². The van der Waals surface area contributed by atoms with Crippen LogP contribution in [0.2, 0.25) is 0 Å². The highest BCUT2D eigenvalue weighted by Gasteiger charge is 2.24. The molecule has 0 fully saturated rings. The van der Waals surface area contributed by atoms with Gasteiger partial charge in [-0.2, -0.15) is 0 Å². The number of halogens is 1. The van der Waals surface area contributed by atoms with Gasteiger partial charge in [0.2, 0.25) is 0 Å². The van der Waals surface area contributed by atoms with Crippen molar-refractivity contribution in [3.05, 3.63) is 29.6 Å². The normalized spacial score (nSPS) is 12.2. The van der Waals surface area contributed by atoms with E-state index in [1.165, 1.54) is 6.07 Å². The van der Waals surface area contributed by atoms with Crippen molar-refractivity contribution in [2.75, 3.05) is 13.2 Å². The molecule has 0 heterocycles. The number of phenolic OH excluding ortho intramolecular Hbond substituents is 1. The van der Waals surface area contributed by atoms with Gasteiger partial charge in [0.05, 0.1) is 6.61 Å². The van der Waals surface area contributed by atoms with E-state index in [0.717, 1.165) is 18.6 Å². The van der Waals surface area contributed by atoms with Crippen molar-refractivity contribution in [2.24, 2.45) is 0 Å². The molecule has 1 aromatic carbocycles. The molecule has 0 bridgehead atoms. The zero-order chi connectivity index (χ0) is 13.5. The number of carbonyl (C=O) groups excluding carboxylic acids is 1. The van der Waals surface area contributed by atoms with Crippen LogP contribution < -0.4 is 5.32 Å². The van der Waals surface area contributed by atoms with Gasteiger partial charge in [0, 0.05) is 5.56 Å². The first-order valence-electron chi connectivity index (χ1n) is 5.98. The van der Waals surface area contributed by atoms with Crippen LogP contribution in [-0.2, 0) is 9.53 Å². The number of hydrogen-bond acceptors (Lipinski definition) is 4. The third-order valence-corrected chi connectivity index (χ3v) is 2.42. The summed E-state index contributed by atoms with van der Waals surface area (Å²) in [7, 11) is 0. The standard InChI is InChI=1S/C13H18FNO3/c1-3-7-15-12(13(17)18-4-2)10-8-9(14)5-6-11(10)16/h5-6,8,12,15-16H,3-4,7H2,1-2H3. The molecule has 0 aromatic heterocycles. The molecule has 0 saturated heterocycles. The predicted molar refractivity (Wildman–Crippen MR) is 65.7 cm³/mol. The highest BCUT2D eigenvalue weighted by atomic mass is 19.1. The summed E-state index contributed by atoms with van der Waals surface area (Å²) in [5, 5.41) is 12.6. The zero-order valence-corrected chi connectivity index (χ0v) is 10.6. The van der Waals surface area contributed by atoms with Gasteiger partial charge in [0.1, 0.15) is 17.6 Å². The number of esters is 1. The number of ether oxygens (including phenoxy) is 1. The largest absolute Gasteiger partial charge is 0.508 e. The van der Waals surface area contributed by atoms with Crippen LogP contribution in [0.1, 0.15) is 31.9 Å². The van der Waals surface area contributed by atoms with Crippen LogP contribution in [0.25, 0.3) is 0 Å². The molecule has 18 heavy (non-hydrogen) atoms. The molecule has 0 saturated carbocycles. The second-order valence-electron chi connectivity index (χ2n) is 3.84. The summed E-state index contributed by atoms with van der Waals surface area (Å²) in [5.74, 6) is -1.15. The van der Waals surface area contributed by atoms with Crippen LogP contribution in [0.15, 0.2) is 18.2 Å². The van der Waals surface area contributed by atoms with E-state index in [1.807, 2.05) is 6.92 Å². The highest BCUT2D eigenvalue weighted by Crippen LogP contribution is 2.26. The molecule has 0 spiro atoms. The molecule has 0 aliphatic carbocycles. The minimum atomic E-state index is -0.847. The molecule has 0 aliphatic heterocycles. The molecule has 0 amide bonds. The smallest absolute Gasteiger partial charge is 0.327 e. The van der Waals surface area contributed by atoms with E-state index in [1.54, 1.807) is 6.92 Å². The van der Waals surface area contributed by atoms with E-state index in [-0.39, 0.29) is 17.9 Å². The van der Waals surface area contributed by atoms with Gasteiger partial charge in [-0.3, -0.25) is 0 Å². The maximum atomic E-state index is 13.2. The van der Waals surface area contributed by atoms with Gasteiger partial charge in [0.15, 0.2) is 0 Å². The minimum absolute atomic E-state index is 0.127. The number of rotatable bonds is 6. The molecule has 0 radical (unpaired) electrons. The first-order chi connectivity index (χ1) is 8.60. The molecule has 100 valence electrons. The van der Waals surface area contributed by atoms with Crippen molar-refractivity contribution < 1.29 is 19.0 Å². The van der Waals surface area contributed by atoms with Gasteiger partial charge < -0.3 is 15.2 Å². The summed E-state index contributed by atoms with van der Waals surface area (Å²) in [4.78, 5) is 11.8. The maximum absolute atomic E-state index is 13.2. The van der Waals surface area contributed by atoms with Crippen LogP contribution >= 0.6 is 0 Å². The molecular formula is C13H18FNO3. The summed E-state index contributed by atoms with van der Waals surface area (Å²) in [5.41, 5.74) is 0.196. The number of aromatic hydroxyl groups is 1. The van der Waals surface area contributed by atoms with Crippen molar-refractivity contribution in [2.45, 2.75) is 26.3 Å². The Morgan fingerprint density at radius 3 is 2.83 bits per heavy atom. The predicted octanol–water partition coefficient (Wildman–Crippen LogP) is 2.14. The lowest BCUT2D eigenvalue weighted by Gasteiger charge is -2.18. The molecule has 1 rings (SSSR count). The van der Waals surface area contributed by atoms with Crippen LogP contribution in [0.4, 0.5) is 4.39 Å². The molecular weight excluding hydrogens is 237 g/mol. The molecule has 0 aliphatic rings. The number of phenols is 1. The summed E-state index contributed by atoms with van der Waals surface area (Å²) < 4.78 is 18.1. The van der Waals surface area contributed by atoms with Gasteiger partial charge in [-0.1, -0.05) is 6.92 Å². The number of nitrogens with one attached hydrogen (secondary N) is 1. The highest BCUT2D eigenvalue weighted by molar-refractivity contribution is 5.78. The topological polar surface area (TPSA) is 58.6 Å². The van der Waals surface area contributed by atoms with Crippen molar-refractivity contribution >= 4 is 5.97 Å². The third-order valence-electron chi connectivity index (χ3n) is 2.42.